The first-order valence-corrected chi connectivity index (χ1v) is 8.38. The molecule has 0 fully saturated rings. The molecule has 0 aliphatic heterocycles. The van der Waals surface area contributed by atoms with Gasteiger partial charge in [0, 0.05) is 12.1 Å². The Hall–Kier alpha value is -0.870. The fourth-order valence-corrected chi connectivity index (χ4v) is 4.07. The topological polar surface area (TPSA) is 37.4 Å². The van der Waals surface area contributed by atoms with Gasteiger partial charge in [-0.15, -0.1) is 0 Å². The van der Waals surface area contributed by atoms with E-state index in [2.05, 4.69) is 0 Å². The first kappa shape index (κ1) is 16.2. The first-order chi connectivity index (χ1) is 8.84. The minimum atomic E-state index is -3.41. The summed E-state index contributed by atoms with van der Waals surface area (Å²) in [5.74, 6) is 0. The largest absolute Gasteiger partial charge is 0.243 e. The van der Waals surface area contributed by atoms with Crippen molar-refractivity contribution in [2.24, 2.45) is 0 Å². The van der Waals surface area contributed by atoms with E-state index in [4.69, 9.17) is 0 Å². The van der Waals surface area contributed by atoms with Crippen molar-refractivity contribution in [1.82, 2.24) is 4.31 Å². The van der Waals surface area contributed by atoms with Crippen LogP contribution in [-0.4, -0.2) is 24.8 Å². The zero-order valence-electron chi connectivity index (χ0n) is 12.6. The van der Waals surface area contributed by atoms with Gasteiger partial charge in [0.1, 0.15) is 0 Å². The molecule has 1 aromatic carbocycles. The Morgan fingerprint density at radius 3 is 1.79 bits per heavy atom. The van der Waals surface area contributed by atoms with E-state index >= 15 is 0 Å². The zero-order chi connectivity index (χ0) is 14.6. The Morgan fingerprint density at radius 1 is 1.00 bits per heavy atom. The van der Waals surface area contributed by atoms with E-state index in [-0.39, 0.29) is 12.1 Å². The first-order valence-electron chi connectivity index (χ1n) is 6.94. The number of benzene rings is 1. The van der Waals surface area contributed by atoms with Crippen molar-refractivity contribution in [3.63, 3.8) is 0 Å². The molecule has 0 amide bonds. The standard InChI is InChI=1S/C15H25NO2S/c1-6-13(4)16(14(5)7-2)19(17,18)15-10-8-12(3)9-11-15/h8-11,13-14H,6-7H2,1-5H3. The maximum atomic E-state index is 12.8. The van der Waals surface area contributed by atoms with Crippen molar-refractivity contribution in [1.29, 1.82) is 0 Å². The van der Waals surface area contributed by atoms with E-state index in [1.807, 2.05) is 46.8 Å². The molecule has 0 aliphatic carbocycles. The van der Waals surface area contributed by atoms with E-state index in [1.165, 1.54) is 0 Å². The molecule has 4 heteroatoms. The van der Waals surface area contributed by atoms with Gasteiger partial charge in [-0.1, -0.05) is 31.5 Å². The molecule has 0 saturated heterocycles. The van der Waals surface area contributed by atoms with Crippen molar-refractivity contribution in [2.75, 3.05) is 0 Å². The van der Waals surface area contributed by atoms with E-state index in [0.29, 0.717) is 4.90 Å². The lowest BCUT2D eigenvalue weighted by atomic mass is 10.2. The summed E-state index contributed by atoms with van der Waals surface area (Å²) in [6.07, 6.45) is 1.63. The summed E-state index contributed by atoms with van der Waals surface area (Å²) in [5.41, 5.74) is 1.07. The molecule has 1 aromatic rings. The second kappa shape index (κ2) is 6.53. The second-order valence-electron chi connectivity index (χ2n) is 5.16. The zero-order valence-corrected chi connectivity index (χ0v) is 13.4. The smallest absolute Gasteiger partial charge is 0.207 e. The van der Waals surface area contributed by atoms with Gasteiger partial charge in [0.15, 0.2) is 0 Å². The molecule has 108 valence electrons. The molecule has 0 aromatic heterocycles. The lowest BCUT2D eigenvalue weighted by Crippen LogP contribution is -2.44. The summed E-state index contributed by atoms with van der Waals surface area (Å²) in [6.45, 7) is 9.93. The lowest BCUT2D eigenvalue weighted by molar-refractivity contribution is 0.262. The number of aryl methyl sites for hydroxylation is 1. The van der Waals surface area contributed by atoms with Crippen molar-refractivity contribution in [3.8, 4) is 0 Å². The average molecular weight is 283 g/mol. The van der Waals surface area contributed by atoms with Crippen LogP contribution in [0, 0.1) is 6.92 Å². The van der Waals surface area contributed by atoms with Crippen LogP contribution < -0.4 is 0 Å². The molecule has 1 rings (SSSR count). The normalized spacial score (nSPS) is 15.5. The van der Waals surface area contributed by atoms with Gasteiger partial charge in [0.2, 0.25) is 10.0 Å². The summed E-state index contributed by atoms with van der Waals surface area (Å²) in [5, 5.41) is 0. The molecule has 0 N–H and O–H groups in total. The molecule has 0 saturated carbocycles. The molecule has 0 radical (unpaired) electrons. The molecule has 3 nitrogen and oxygen atoms in total. The number of hydrogen-bond acceptors (Lipinski definition) is 2. The fourth-order valence-electron chi connectivity index (χ4n) is 2.10. The third-order valence-electron chi connectivity index (χ3n) is 3.65. The molecular formula is C15H25NO2S. The van der Waals surface area contributed by atoms with Gasteiger partial charge < -0.3 is 0 Å². The Balaban J connectivity index is 3.23. The van der Waals surface area contributed by atoms with Crippen molar-refractivity contribution < 1.29 is 8.42 Å². The Kier molecular flexibility index (Phi) is 5.56. The van der Waals surface area contributed by atoms with Crippen LogP contribution in [0.4, 0.5) is 0 Å². The van der Waals surface area contributed by atoms with Crippen molar-refractivity contribution in [3.05, 3.63) is 29.8 Å². The highest BCUT2D eigenvalue weighted by molar-refractivity contribution is 7.89. The highest BCUT2D eigenvalue weighted by Crippen LogP contribution is 2.23. The van der Waals surface area contributed by atoms with E-state index in [9.17, 15) is 8.42 Å². The second-order valence-corrected chi connectivity index (χ2v) is 7.01. The Labute approximate surface area is 117 Å². The third-order valence-corrected chi connectivity index (χ3v) is 5.79. The average Bonchev–Trinajstić information content (AvgIpc) is 2.38. The van der Waals surface area contributed by atoms with E-state index < -0.39 is 10.0 Å². The van der Waals surface area contributed by atoms with Crippen LogP contribution >= 0.6 is 0 Å². The molecule has 2 unspecified atom stereocenters. The monoisotopic (exact) mass is 283 g/mol. The molecule has 0 aliphatic rings. The predicted molar refractivity (Wildman–Crippen MR) is 79.7 cm³/mol. The highest BCUT2D eigenvalue weighted by Gasteiger charge is 2.31. The summed E-state index contributed by atoms with van der Waals surface area (Å²) in [7, 11) is -3.41. The molecule has 0 heterocycles. The molecule has 0 spiro atoms. The highest BCUT2D eigenvalue weighted by atomic mass is 32.2. The maximum absolute atomic E-state index is 12.8. The minimum absolute atomic E-state index is 0.0150. The van der Waals surface area contributed by atoms with Crippen LogP contribution in [0.3, 0.4) is 0 Å². The van der Waals surface area contributed by atoms with Gasteiger partial charge in [0.05, 0.1) is 4.90 Å². The van der Waals surface area contributed by atoms with Crippen molar-refractivity contribution >= 4 is 10.0 Å². The van der Waals surface area contributed by atoms with Gasteiger partial charge in [0.25, 0.3) is 0 Å². The summed E-state index contributed by atoms with van der Waals surface area (Å²) >= 11 is 0. The Bertz CT molecular complexity index is 483. The maximum Gasteiger partial charge on any atom is 0.243 e. The SMILES string of the molecule is CCC(C)N(C(C)CC)S(=O)(=O)c1ccc(C)cc1. The molecule has 19 heavy (non-hydrogen) atoms. The number of rotatable bonds is 6. The number of hydrogen-bond donors (Lipinski definition) is 0. The minimum Gasteiger partial charge on any atom is -0.207 e. The van der Waals surface area contributed by atoms with Crippen LogP contribution in [-0.2, 0) is 10.0 Å². The van der Waals surface area contributed by atoms with Gasteiger partial charge >= 0.3 is 0 Å². The quantitative estimate of drug-likeness (QED) is 0.800. The summed E-state index contributed by atoms with van der Waals surface area (Å²) in [4.78, 5) is 0.388. The van der Waals surface area contributed by atoms with Gasteiger partial charge in [-0.05, 0) is 45.7 Å². The fraction of sp³-hybridized carbons (Fsp3) is 0.600. The van der Waals surface area contributed by atoms with Crippen LogP contribution in [0.1, 0.15) is 46.1 Å². The molecule has 0 bridgehead atoms. The van der Waals surface area contributed by atoms with Crippen LogP contribution in [0.5, 0.6) is 0 Å². The summed E-state index contributed by atoms with van der Waals surface area (Å²) in [6, 6.07) is 7.11. The van der Waals surface area contributed by atoms with Crippen LogP contribution in [0.15, 0.2) is 29.2 Å². The summed E-state index contributed by atoms with van der Waals surface area (Å²) < 4.78 is 27.2. The third kappa shape index (κ3) is 3.57. The van der Waals surface area contributed by atoms with Gasteiger partial charge in [-0.25, -0.2) is 8.42 Å². The number of nitrogens with zero attached hydrogens (tertiary/aromatic N) is 1. The van der Waals surface area contributed by atoms with E-state index in [1.54, 1.807) is 16.4 Å². The van der Waals surface area contributed by atoms with Crippen molar-refractivity contribution in [2.45, 2.75) is 64.4 Å². The Morgan fingerprint density at radius 2 is 1.42 bits per heavy atom. The molecular weight excluding hydrogens is 258 g/mol. The van der Waals surface area contributed by atoms with Crippen LogP contribution in [0.2, 0.25) is 0 Å². The predicted octanol–water partition coefficient (Wildman–Crippen LogP) is 3.58. The van der Waals surface area contributed by atoms with Gasteiger partial charge in [-0.3, -0.25) is 0 Å². The van der Waals surface area contributed by atoms with Gasteiger partial charge in [-0.2, -0.15) is 4.31 Å². The number of sulfonamides is 1. The van der Waals surface area contributed by atoms with Crippen LogP contribution in [0.25, 0.3) is 0 Å². The van der Waals surface area contributed by atoms with E-state index in [0.717, 1.165) is 18.4 Å². The molecule has 2 atom stereocenters. The lowest BCUT2D eigenvalue weighted by Gasteiger charge is -2.32.